The van der Waals surface area contributed by atoms with E-state index < -0.39 is 0 Å². The maximum absolute atomic E-state index is 13.3. The molecule has 1 aliphatic heterocycles. The zero-order valence-corrected chi connectivity index (χ0v) is 21.3. The standard InChI is InChI=1S/C28H39N3O4/c1-4-34-26-18-25(30-13-15-33-16-14-30)27(35-5-2)17-24(26)29-28(32)20-31(19-22-11-12-22)21(3)23-9-7-6-8-10-23/h6-10,17-18,21-22H,4-5,11-16,19-20H2,1-3H3,(H,29,32). The van der Waals surface area contributed by atoms with Crippen molar-refractivity contribution in [2.24, 2.45) is 5.92 Å². The Balaban J connectivity index is 1.53. The van der Waals surface area contributed by atoms with Crippen molar-refractivity contribution >= 4 is 17.3 Å². The molecule has 2 aliphatic rings. The molecule has 1 heterocycles. The van der Waals surface area contributed by atoms with E-state index in [0.29, 0.717) is 50.3 Å². The molecule has 4 rings (SSSR count). The van der Waals surface area contributed by atoms with Crippen molar-refractivity contribution in [3.8, 4) is 11.5 Å². The number of carbonyl (C=O) groups is 1. The molecule has 190 valence electrons. The van der Waals surface area contributed by atoms with E-state index in [1.165, 1.54) is 18.4 Å². The van der Waals surface area contributed by atoms with Crippen LogP contribution in [0.1, 0.15) is 45.2 Å². The van der Waals surface area contributed by atoms with Gasteiger partial charge in [0, 0.05) is 37.8 Å². The number of amides is 1. The SMILES string of the molecule is CCOc1cc(N2CCOCC2)c(OCC)cc1NC(=O)CN(CC1CC1)C(C)c1ccccc1. The van der Waals surface area contributed by atoms with Crippen LogP contribution in [0, 0.1) is 5.92 Å². The van der Waals surface area contributed by atoms with E-state index in [2.05, 4.69) is 46.3 Å². The van der Waals surface area contributed by atoms with Gasteiger partial charge in [-0.1, -0.05) is 30.3 Å². The van der Waals surface area contributed by atoms with Gasteiger partial charge in [0.25, 0.3) is 0 Å². The van der Waals surface area contributed by atoms with Crippen LogP contribution in [-0.2, 0) is 9.53 Å². The lowest BCUT2D eigenvalue weighted by Gasteiger charge is -2.31. The largest absolute Gasteiger partial charge is 0.492 e. The van der Waals surface area contributed by atoms with Gasteiger partial charge >= 0.3 is 0 Å². The molecule has 7 heteroatoms. The number of hydrogen-bond acceptors (Lipinski definition) is 6. The van der Waals surface area contributed by atoms with Gasteiger partial charge in [0.1, 0.15) is 11.5 Å². The van der Waals surface area contributed by atoms with Gasteiger partial charge in [0.2, 0.25) is 5.91 Å². The van der Waals surface area contributed by atoms with Gasteiger partial charge in [-0.3, -0.25) is 9.69 Å². The normalized spacial score (nSPS) is 16.7. The Kier molecular flexibility index (Phi) is 8.88. The van der Waals surface area contributed by atoms with Gasteiger partial charge in [-0.15, -0.1) is 0 Å². The van der Waals surface area contributed by atoms with Crippen LogP contribution < -0.4 is 19.7 Å². The third-order valence-corrected chi connectivity index (χ3v) is 6.65. The number of nitrogens with one attached hydrogen (secondary N) is 1. The van der Waals surface area contributed by atoms with Gasteiger partial charge in [0.15, 0.2) is 0 Å². The summed E-state index contributed by atoms with van der Waals surface area (Å²) < 4.78 is 17.5. The maximum atomic E-state index is 13.3. The van der Waals surface area contributed by atoms with Crippen molar-refractivity contribution in [3.05, 3.63) is 48.0 Å². The third-order valence-electron chi connectivity index (χ3n) is 6.65. The highest BCUT2D eigenvalue weighted by Gasteiger charge is 2.29. The fourth-order valence-electron chi connectivity index (χ4n) is 4.55. The highest BCUT2D eigenvalue weighted by Crippen LogP contribution is 2.39. The lowest BCUT2D eigenvalue weighted by atomic mass is 10.1. The molecule has 1 saturated carbocycles. The zero-order chi connectivity index (χ0) is 24.6. The Bertz CT molecular complexity index is 958. The summed E-state index contributed by atoms with van der Waals surface area (Å²) in [6.45, 7) is 11.4. The second kappa shape index (κ2) is 12.3. The third kappa shape index (κ3) is 6.89. The van der Waals surface area contributed by atoms with Crippen LogP contribution in [0.3, 0.4) is 0 Å². The summed E-state index contributed by atoms with van der Waals surface area (Å²) >= 11 is 0. The van der Waals surface area contributed by atoms with Crippen LogP contribution in [0.2, 0.25) is 0 Å². The molecule has 1 amide bonds. The Morgan fingerprint density at radius 1 is 1.09 bits per heavy atom. The molecule has 0 spiro atoms. The van der Waals surface area contributed by atoms with E-state index in [9.17, 15) is 4.79 Å². The number of anilines is 2. The average molecular weight is 482 g/mol. The lowest BCUT2D eigenvalue weighted by molar-refractivity contribution is -0.117. The number of ether oxygens (including phenoxy) is 3. The highest BCUT2D eigenvalue weighted by molar-refractivity contribution is 5.94. The molecule has 1 unspecified atom stereocenters. The van der Waals surface area contributed by atoms with Gasteiger partial charge in [-0.25, -0.2) is 0 Å². The Morgan fingerprint density at radius 2 is 1.77 bits per heavy atom. The van der Waals surface area contributed by atoms with Crippen LogP contribution in [0.4, 0.5) is 11.4 Å². The van der Waals surface area contributed by atoms with Crippen molar-refractivity contribution in [2.45, 2.75) is 39.7 Å². The van der Waals surface area contributed by atoms with Crippen molar-refractivity contribution in [1.29, 1.82) is 0 Å². The Hall–Kier alpha value is -2.77. The second-order valence-corrected chi connectivity index (χ2v) is 9.29. The number of rotatable bonds is 12. The van der Waals surface area contributed by atoms with Crippen LogP contribution in [-0.4, -0.2) is 63.4 Å². The summed E-state index contributed by atoms with van der Waals surface area (Å²) in [5, 5.41) is 3.13. The first-order valence-electron chi connectivity index (χ1n) is 12.9. The molecule has 7 nitrogen and oxygen atoms in total. The molecule has 1 atom stereocenters. The van der Waals surface area contributed by atoms with Crippen LogP contribution in [0.5, 0.6) is 11.5 Å². The minimum absolute atomic E-state index is 0.0454. The summed E-state index contributed by atoms with van der Waals surface area (Å²) in [6.07, 6.45) is 2.49. The lowest BCUT2D eigenvalue weighted by Crippen LogP contribution is -2.37. The van der Waals surface area contributed by atoms with Gasteiger partial charge in [-0.2, -0.15) is 0 Å². The first-order chi connectivity index (χ1) is 17.1. The monoisotopic (exact) mass is 481 g/mol. The summed E-state index contributed by atoms with van der Waals surface area (Å²) in [6, 6.07) is 14.5. The smallest absolute Gasteiger partial charge is 0.238 e. The average Bonchev–Trinajstić information content (AvgIpc) is 3.70. The summed E-state index contributed by atoms with van der Waals surface area (Å²) in [7, 11) is 0. The Morgan fingerprint density at radius 3 is 2.43 bits per heavy atom. The van der Waals surface area contributed by atoms with E-state index in [-0.39, 0.29) is 11.9 Å². The summed E-state index contributed by atoms with van der Waals surface area (Å²) in [4.78, 5) is 17.8. The molecule has 0 aromatic heterocycles. The predicted octanol–water partition coefficient (Wildman–Crippen LogP) is 4.73. The molecule has 35 heavy (non-hydrogen) atoms. The fourth-order valence-corrected chi connectivity index (χ4v) is 4.55. The van der Waals surface area contributed by atoms with Crippen molar-refractivity contribution in [3.63, 3.8) is 0 Å². The summed E-state index contributed by atoms with van der Waals surface area (Å²) in [5.74, 6) is 2.05. The highest BCUT2D eigenvalue weighted by atomic mass is 16.5. The van der Waals surface area contributed by atoms with Crippen molar-refractivity contribution in [1.82, 2.24) is 4.90 Å². The molecule has 2 fully saturated rings. The van der Waals surface area contributed by atoms with E-state index in [1.54, 1.807) is 0 Å². The van der Waals surface area contributed by atoms with Crippen LogP contribution in [0.15, 0.2) is 42.5 Å². The molecular formula is C28H39N3O4. The first kappa shape index (κ1) is 25.3. The quantitative estimate of drug-likeness (QED) is 0.473. The van der Waals surface area contributed by atoms with E-state index in [4.69, 9.17) is 14.2 Å². The molecule has 0 bridgehead atoms. The molecule has 2 aromatic rings. The van der Waals surface area contributed by atoms with Crippen molar-refractivity contribution < 1.29 is 19.0 Å². The summed E-state index contributed by atoms with van der Waals surface area (Å²) in [5.41, 5.74) is 2.85. The number of benzene rings is 2. The second-order valence-electron chi connectivity index (χ2n) is 9.29. The molecule has 1 saturated heterocycles. The van der Waals surface area contributed by atoms with Crippen molar-refractivity contribution in [2.75, 3.05) is 62.8 Å². The van der Waals surface area contributed by atoms with E-state index >= 15 is 0 Å². The Labute approximate surface area is 209 Å². The zero-order valence-electron chi connectivity index (χ0n) is 21.3. The topological polar surface area (TPSA) is 63.3 Å². The predicted molar refractivity (Wildman–Crippen MR) is 140 cm³/mol. The van der Waals surface area contributed by atoms with Crippen LogP contribution in [0.25, 0.3) is 0 Å². The number of morpholine rings is 1. The van der Waals surface area contributed by atoms with Gasteiger partial charge in [0.05, 0.1) is 44.3 Å². The number of hydrogen-bond donors (Lipinski definition) is 1. The number of carbonyl (C=O) groups excluding carboxylic acids is 1. The van der Waals surface area contributed by atoms with E-state index in [0.717, 1.165) is 31.1 Å². The molecule has 1 aliphatic carbocycles. The van der Waals surface area contributed by atoms with E-state index in [1.807, 2.05) is 32.0 Å². The first-order valence-corrected chi connectivity index (χ1v) is 12.9. The van der Waals surface area contributed by atoms with Gasteiger partial charge < -0.3 is 24.4 Å². The fraction of sp³-hybridized carbons (Fsp3) is 0.536. The maximum Gasteiger partial charge on any atom is 0.238 e. The molecular weight excluding hydrogens is 442 g/mol. The molecule has 1 N–H and O–H groups in total. The minimum atomic E-state index is -0.0454. The van der Waals surface area contributed by atoms with Crippen LogP contribution >= 0.6 is 0 Å². The molecule has 0 radical (unpaired) electrons. The number of nitrogens with zero attached hydrogens (tertiary/aromatic N) is 2. The van der Waals surface area contributed by atoms with Gasteiger partial charge in [-0.05, 0) is 45.1 Å². The minimum Gasteiger partial charge on any atom is -0.492 e. The molecule has 2 aromatic carbocycles.